The van der Waals surface area contributed by atoms with Crippen LogP contribution in [-0.4, -0.2) is 9.55 Å². The molecule has 0 fully saturated rings. The molecule has 0 aliphatic rings. The summed E-state index contributed by atoms with van der Waals surface area (Å²) in [6.07, 6.45) is 0. The Morgan fingerprint density at radius 1 is 1.14 bits per heavy atom. The lowest BCUT2D eigenvalue weighted by Crippen LogP contribution is -2.02. The molecule has 0 amide bonds. The van der Waals surface area contributed by atoms with Gasteiger partial charge in [0.05, 0.1) is 22.1 Å². The molecule has 0 radical (unpaired) electrons. The van der Waals surface area contributed by atoms with E-state index >= 15 is 0 Å². The lowest BCUT2D eigenvalue weighted by atomic mass is 10.2. The molecular formula is C16H13Br2ClN2. The maximum Gasteiger partial charge on any atom is 0.132 e. The largest absolute Gasteiger partial charge is 0.294 e. The monoisotopic (exact) mass is 426 g/mol. The Balaban J connectivity index is 2.39. The zero-order valence-electron chi connectivity index (χ0n) is 11.6. The van der Waals surface area contributed by atoms with Crippen molar-refractivity contribution in [2.45, 2.75) is 19.2 Å². The van der Waals surface area contributed by atoms with E-state index in [1.54, 1.807) is 0 Å². The van der Waals surface area contributed by atoms with Crippen molar-refractivity contribution in [3.8, 4) is 5.69 Å². The van der Waals surface area contributed by atoms with E-state index in [9.17, 15) is 0 Å². The molecule has 5 heteroatoms. The molecule has 1 atom stereocenters. The normalized spacial score (nSPS) is 12.8. The molecule has 0 aliphatic heterocycles. The molecule has 0 spiro atoms. The molecule has 21 heavy (non-hydrogen) atoms. The van der Waals surface area contributed by atoms with Crippen LogP contribution in [0.5, 0.6) is 0 Å². The molecule has 0 saturated carbocycles. The van der Waals surface area contributed by atoms with Crippen LogP contribution in [0.1, 0.15) is 23.7 Å². The van der Waals surface area contributed by atoms with Gasteiger partial charge in [0.2, 0.25) is 0 Å². The van der Waals surface area contributed by atoms with Crippen LogP contribution < -0.4 is 0 Å². The van der Waals surface area contributed by atoms with E-state index in [4.69, 9.17) is 16.6 Å². The summed E-state index contributed by atoms with van der Waals surface area (Å²) >= 11 is 13.5. The quantitative estimate of drug-likeness (QED) is 0.447. The minimum Gasteiger partial charge on any atom is -0.294 e. The number of rotatable bonds is 2. The van der Waals surface area contributed by atoms with Gasteiger partial charge in [-0.05, 0) is 65.7 Å². The van der Waals surface area contributed by atoms with Crippen molar-refractivity contribution in [1.82, 2.24) is 9.55 Å². The molecule has 3 rings (SSSR count). The van der Waals surface area contributed by atoms with Gasteiger partial charge in [-0.2, -0.15) is 0 Å². The molecule has 0 N–H and O–H groups in total. The molecule has 3 aromatic rings. The Morgan fingerprint density at radius 3 is 2.62 bits per heavy atom. The highest BCUT2D eigenvalue weighted by atomic mass is 79.9. The first-order valence-electron chi connectivity index (χ1n) is 6.56. The maximum atomic E-state index is 6.35. The van der Waals surface area contributed by atoms with E-state index in [-0.39, 0.29) is 5.38 Å². The summed E-state index contributed by atoms with van der Waals surface area (Å²) in [5.41, 5.74) is 4.23. The molecule has 0 aliphatic carbocycles. The summed E-state index contributed by atoms with van der Waals surface area (Å²) in [4.78, 5) is 4.72. The number of imidazole rings is 1. The zero-order chi connectivity index (χ0) is 15.1. The predicted molar refractivity (Wildman–Crippen MR) is 95.5 cm³/mol. The van der Waals surface area contributed by atoms with Crippen LogP contribution in [0.2, 0.25) is 0 Å². The van der Waals surface area contributed by atoms with Crippen LogP contribution >= 0.6 is 43.5 Å². The van der Waals surface area contributed by atoms with Crippen LogP contribution in [0.25, 0.3) is 16.7 Å². The second kappa shape index (κ2) is 5.75. The average Bonchev–Trinajstić information content (AvgIpc) is 2.80. The van der Waals surface area contributed by atoms with Gasteiger partial charge in [0, 0.05) is 8.95 Å². The van der Waals surface area contributed by atoms with E-state index in [1.807, 2.05) is 19.1 Å². The molecule has 2 aromatic carbocycles. The van der Waals surface area contributed by atoms with Gasteiger partial charge in [0.1, 0.15) is 5.82 Å². The Hall–Kier alpha value is -0.840. The fourth-order valence-electron chi connectivity index (χ4n) is 2.39. The molecule has 0 saturated heterocycles. The maximum absolute atomic E-state index is 6.35. The fraction of sp³-hybridized carbons (Fsp3) is 0.188. The summed E-state index contributed by atoms with van der Waals surface area (Å²) < 4.78 is 4.13. The van der Waals surface area contributed by atoms with Crippen molar-refractivity contribution in [2.24, 2.45) is 0 Å². The number of halogens is 3. The first-order valence-corrected chi connectivity index (χ1v) is 8.58. The summed E-state index contributed by atoms with van der Waals surface area (Å²) in [5.74, 6) is 0.844. The van der Waals surface area contributed by atoms with Gasteiger partial charge in [0.25, 0.3) is 0 Å². The van der Waals surface area contributed by atoms with Crippen LogP contribution in [0.4, 0.5) is 0 Å². The second-order valence-electron chi connectivity index (χ2n) is 5.01. The highest BCUT2D eigenvalue weighted by molar-refractivity contribution is 9.11. The van der Waals surface area contributed by atoms with E-state index in [0.29, 0.717) is 0 Å². The molecule has 2 nitrogen and oxygen atoms in total. The van der Waals surface area contributed by atoms with Crippen LogP contribution in [0.15, 0.2) is 45.3 Å². The van der Waals surface area contributed by atoms with Crippen molar-refractivity contribution < 1.29 is 0 Å². The molecule has 1 unspecified atom stereocenters. The number of aromatic nitrogens is 2. The highest BCUT2D eigenvalue weighted by Crippen LogP contribution is 2.33. The number of alkyl halides is 1. The molecule has 1 aromatic heterocycles. The summed E-state index contributed by atoms with van der Waals surface area (Å²) in [6.45, 7) is 4.01. The SMILES string of the molecule is Cc1ccc2c(c1)nc(C(C)Cl)n2-c1cc(Br)ccc1Br. The molecule has 0 bridgehead atoms. The second-order valence-corrected chi connectivity index (χ2v) is 7.43. The first kappa shape index (κ1) is 15.1. The number of aryl methyl sites for hydroxylation is 1. The third-order valence-electron chi connectivity index (χ3n) is 3.34. The van der Waals surface area contributed by atoms with E-state index in [2.05, 4.69) is 67.6 Å². The van der Waals surface area contributed by atoms with Crippen molar-refractivity contribution >= 4 is 54.5 Å². The highest BCUT2D eigenvalue weighted by Gasteiger charge is 2.18. The van der Waals surface area contributed by atoms with Crippen molar-refractivity contribution in [3.63, 3.8) is 0 Å². The zero-order valence-corrected chi connectivity index (χ0v) is 15.5. The minimum atomic E-state index is -0.177. The number of fused-ring (bicyclic) bond motifs is 1. The van der Waals surface area contributed by atoms with E-state index in [1.165, 1.54) is 5.56 Å². The van der Waals surface area contributed by atoms with Crippen LogP contribution in [0, 0.1) is 6.92 Å². The smallest absolute Gasteiger partial charge is 0.132 e. The fourth-order valence-corrected chi connectivity index (χ4v) is 3.31. The summed E-state index contributed by atoms with van der Waals surface area (Å²) in [7, 11) is 0. The van der Waals surface area contributed by atoms with E-state index in [0.717, 1.165) is 31.5 Å². The minimum absolute atomic E-state index is 0.177. The summed E-state index contributed by atoms with van der Waals surface area (Å²) in [5, 5.41) is -0.177. The van der Waals surface area contributed by atoms with Gasteiger partial charge in [-0.15, -0.1) is 11.6 Å². The Kier molecular flexibility index (Phi) is 4.12. The van der Waals surface area contributed by atoms with Crippen molar-refractivity contribution in [2.75, 3.05) is 0 Å². The Labute approximate surface area is 145 Å². The third-order valence-corrected chi connectivity index (χ3v) is 4.70. The van der Waals surface area contributed by atoms with Crippen LogP contribution in [0.3, 0.4) is 0 Å². The molecule has 1 heterocycles. The standard InChI is InChI=1S/C16H13Br2ClN2/c1-9-3-6-14-13(7-9)20-16(10(2)19)21(14)15-8-11(17)4-5-12(15)18/h3-8,10H,1-2H3. The van der Waals surface area contributed by atoms with Gasteiger partial charge in [-0.3, -0.25) is 4.57 Å². The molecule has 108 valence electrons. The number of hydrogen-bond acceptors (Lipinski definition) is 1. The van der Waals surface area contributed by atoms with Gasteiger partial charge < -0.3 is 0 Å². The predicted octanol–water partition coefficient (Wildman–Crippen LogP) is 6.16. The lowest BCUT2D eigenvalue weighted by molar-refractivity contribution is 0.880. The third kappa shape index (κ3) is 2.77. The number of hydrogen-bond donors (Lipinski definition) is 0. The van der Waals surface area contributed by atoms with Gasteiger partial charge >= 0.3 is 0 Å². The van der Waals surface area contributed by atoms with Gasteiger partial charge in [0.15, 0.2) is 0 Å². The average molecular weight is 429 g/mol. The first-order chi connectivity index (χ1) is 9.97. The van der Waals surface area contributed by atoms with Crippen LogP contribution in [-0.2, 0) is 0 Å². The van der Waals surface area contributed by atoms with E-state index < -0.39 is 0 Å². The van der Waals surface area contributed by atoms with Crippen molar-refractivity contribution in [3.05, 3.63) is 56.7 Å². The number of benzene rings is 2. The lowest BCUT2D eigenvalue weighted by Gasteiger charge is -2.13. The molecular weight excluding hydrogens is 415 g/mol. The summed E-state index contributed by atoms with van der Waals surface area (Å²) in [6, 6.07) is 12.3. The number of nitrogens with zero attached hydrogens (tertiary/aromatic N) is 2. The van der Waals surface area contributed by atoms with Gasteiger partial charge in [-0.1, -0.05) is 22.0 Å². The Bertz CT molecular complexity index is 825. The topological polar surface area (TPSA) is 17.8 Å². The van der Waals surface area contributed by atoms with Crippen molar-refractivity contribution in [1.29, 1.82) is 0 Å². The van der Waals surface area contributed by atoms with Gasteiger partial charge in [-0.25, -0.2) is 4.98 Å². The Morgan fingerprint density at radius 2 is 1.90 bits per heavy atom.